The molecule has 0 spiro atoms. The van der Waals surface area contributed by atoms with Crippen molar-refractivity contribution in [2.45, 2.75) is 20.3 Å². The Morgan fingerprint density at radius 3 is 2.48 bits per heavy atom. The zero-order valence-corrected chi connectivity index (χ0v) is 14.2. The third-order valence-electron chi connectivity index (χ3n) is 3.84. The third kappa shape index (κ3) is 3.76. The van der Waals surface area contributed by atoms with Crippen molar-refractivity contribution >= 4 is 22.6 Å². The maximum absolute atomic E-state index is 13.1. The number of pyridine rings is 1. The monoisotopic (exact) mass is 338 g/mol. The topological polar surface area (TPSA) is 51.2 Å². The van der Waals surface area contributed by atoms with E-state index in [1.54, 1.807) is 25.1 Å². The van der Waals surface area contributed by atoms with E-state index in [0.717, 1.165) is 22.0 Å². The van der Waals surface area contributed by atoms with Gasteiger partial charge in [0.2, 0.25) is 5.91 Å². The summed E-state index contributed by atoms with van der Waals surface area (Å²) in [4.78, 5) is 16.1. The number of fused-ring (bicyclic) bond motifs is 1. The van der Waals surface area contributed by atoms with Gasteiger partial charge in [0.15, 0.2) is 0 Å². The molecule has 3 aromatic rings. The molecule has 0 radical (unpaired) electrons. The number of carbonyl (C=O) groups excluding carboxylic acids is 1. The summed E-state index contributed by atoms with van der Waals surface area (Å²) < 4.78 is 18.9. The molecule has 0 saturated carbocycles. The molecule has 1 heterocycles. The first-order valence-corrected chi connectivity index (χ1v) is 8.24. The van der Waals surface area contributed by atoms with Crippen molar-refractivity contribution in [3.63, 3.8) is 0 Å². The number of benzene rings is 2. The lowest BCUT2D eigenvalue weighted by Crippen LogP contribution is -2.11. The number of aromatic nitrogens is 1. The highest BCUT2D eigenvalue weighted by atomic mass is 19.1. The number of rotatable bonds is 5. The van der Waals surface area contributed by atoms with Crippen LogP contribution in [0.25, 0.3) is 22.0 Å². The average Bonchev–Trinajstić information content (AvgIpc) is 2.62. The van der Waals surface area contributed by atoms with Gasteiger partial charge in [-0.15, -0.1) is 0 Å². The number of hydrogen-bond acceptors (Lipinski definition) is 3. The van der Waals surface area contributed by atoms with Gasteiger partial charge in [0, 0.05) is 17.9 Å². The molecule has 0 saturated heterocycles. The lowest BCUT2D eigenvalue weighted by Gasteiger charge is -2.12. The van der Waals surface area contributed by atoms with Gasteiger partial charge in [-0.05, 0) is 42.3 Å². The molecule has 0 aliphatic rings. The maximum atomic E-state index is 13.1. The van der Waals surface area contributed by atoms with Crippen LogP contribution in [0.15, 0.2) is 48.5 Å². The van der Waals surface area contributed by atoms with Crippen LogP contribution in [-0.4, -0.2) is 17.5 Å². The van der Waals surface area contributed by atoms with Crippen LogP contribution in [0.4, 0.5) is 10.2 Å². The van der Waals surface area contributed by atoms with E-state index in [0.29, 0.717) is 24.6 Å². The zero-order valence-electron chi connectivity index (χ0n) is 14.2. The number of amides is 1. The molecular weight excluding hydrogens is 319 g/mol. The molecule has 25 heavy (non-hydrogen) atoms. The summed E-state index contributed by atoms with van der Waals surface area (Å²) in [5.74, 6) is 0.759. The van der Waals surface area contributed by atoms with Gasteiger partial charge in [0.1, 0.15) is 17.4 Å². The van der Waals surface area contributed by atoms with Crippen LogP contribution in [0.2, 0.25) is 0 Å². The Bertz CT molecular complexity index is 907. The number of ether oxygens (including phenoxy) is 1. The van der Waals surface area contributed by atoms with Gasteiger partial charge in [-0.3, -0.25) is 4.79 Å². The highest BCUT2D eigenvalue weighted by molar-refractivity contribution is 5.94. The van der Waals surface area contributed by atoms with E-state index in [4.69, 9.17) is 4.74 Å². The van der Waals surface area contributed by atoms with Gasteiger partial charge in [0.05, 0.1) is 12.1 Å². The second-order valence-corrected chi connectivity index (χ2v) is 5.58. The zero-order chi connectivity index (χ0) is 17.8. The minimum Gasteiger partial charge on any atom is -0.493 e. The normalized spacial score (nSPS) is 10.7. The molecule has 4 nitrogen and oxygen atoms in total. The molecule has 0 unspecified atom stereocenters. The summed E-state index contributed by atoms with van der Waals surface area (Å²) in [6, 6.07) is 13.8. The second kappa shape index (κ2) is 7.30. The van der Waals surface area contributed by atoms with Gasteiger partial charge in [0.25, 0.3) is 0 Å². The highest BCUT2D eigenvalue weighted by Gasteiger charge is 2.10. The van der Waals surface area contributed by atoms with E-state index in [9.17, 15) is 9.18 Å². The first kappa shape index (κ1) is 16.9. The van der Waals surface area contributed by atoms with Crippen LogP contribution in [0, 0.1) is 5.82 Å². The fourth-order valence-corrected chi connectivity index (χ4v) is 2.59. The van der Waals surface area contributed by atoms with Gasteiger partial charge >= 0.3 is 0 Å². The highest BCUT2D eigenvalue weighted by Crippen LogP contribution is 2.32. The first-order chi connectivity index (χ1) is 12.1. The number of hydrogen-bond donors (Lipinski definition) is 1. The van der Waals surface area contributed by atoms with Gasteiger partial charge in [-0.25, -0.2) is 9.37 Å². The molecule has 0 aliphatic heterocycles. The van der Waals surface area contributed by atoms with Crippen molar-refractivity contribution in [3.8, 4) is 16.9 Å². The van der Waals surface area contributed by atoms with Crippen LogP contribution >= 0.6 is 0 Å². The summed E-state index contributed by atoms with van der Waals surface area (Å²) >= 11 is 0. The van der Waals surface area contributed by atoms with E-state index < -0.39 is 0 Å². The fraction of sp³-hybridized carbons (Fsp3) is 0.200. The summed E-state index contributed by atoms with van der Waals surface area (Å²) in [5.41, 5.74) is 2.58. The predicted molar refractivity (Wildman–Crippen MR) is 97.2 cm³/mol. The van der Waals surface area contributed by atoms with Gasteiger partial charge < -0.3 is 10.1 Å². The molecule has 5 heteroatoms. The quantitative estimate of drug-likeness (QED) is 0.728. The minimum atomic E-state index is -0.266. The molecule has 0 bridgehead atoms. The van der Waals surface area contributed by atoms with Crippen LogP contribution in [0.3, 0.4) is 0 Å². The molecular formula is C20H19FN2O2. The van der Waals surface area contributed by atoms with E-state index in [1.807, 2.05) is 25.1 Å². The lowest BCUT2D eigenvalue weighted by atomic mass is 10.0. The number of nitrogens with one attached hydrogen (secondary N) is 1. The molecule has 0 atom stereocenters. The Hall–Kier alpha value is -2.95. The van der Waals surface area contributed by atoms with Crippen molar-refractivity contribution < 1.29 is 13.9 Å². The van der Waals surface area contributed by atoms with Crippen molar-refractivity contribution in [2.24, 2.45) is 0 Å². The SMILES string of the molecule is CCOc1cc(NC(=O)CC)nc2ccc(-c3ccc(F)cc3)cc12. The molecule has 1 aromatic heterocycles. The average molecular weight is 338 g/mol. The summed E-state index contributed by atoms with van der Waals surface area (Å²) in [6.07, 6.45) is 0.382. The number of halogens is 1. The number of carbonyl (C=O) groups is 1. The van der Waals surface area contributed by atoms with E-state index in [1.165, 1.54) is 12.1 Å². The molecule has 0 fully saturated rings. The Balaban J connectivity index is 2.08. The Morgan fingerprint density at radius 2 is 1.80 bits per heavy atom. The Kier molecular flexibility index (Phi) is 4.93. The maximum Gasteiger partial charge on any atom is 0.225 e. The van der Waals surface area contributed by atoms with Crippen LogP contribution in [0.1, 0.15) is 20.3 Å². The second-order valence-electron chi connectivity index (χ2n) is 5.58. The molecule has 2 aromatic carbocycles. The predicted octanol–water partition coefficient (Wildman–Crippen LogP) is 4.79. The van der Waals surface area contributed by atoms with Crippen LogP contribution < -0.4 is 10.1 Å². The van der Waals surface area contributed by atoms with Crippen LogP contribution in [-0.2, 0) is 4.79 Å². The van der Waals surface area contributed by atoms with Crippen molar-refractivity contribution in [1.29, 1.82) is 0 Å². The minimum absolute atomic E-state index is 0.0998. The first-order valence-electron chi connectivity index (χ1n) is 8.24. The van der Waals surface area contributed by atoms with Crippen molar-refractivity contribution in [3.05, 3.63) is 54.3 Å². The standard InChI is InChI=1S/C20H19FN2O2/c1-3-20(24)23-19-12-18(25-4-2)16-11-14(7-10-17(16)22-19)13-5-8-15(21)9-6-13/h5-12H,3-4H2,1-2H3,(H,22,23,24). The van der Waals surface area contributed by atoms with Gasteiger partial charge in [-0.1, -0.05) is 25.1 Å². The Labute approximate surface area is 145 Å². The van der Waals surface area contributed by atoms with E-state index in [-0.39, 0.29) is 11.7 Å². The fourth-order valence-electron chi connectivity index (χ4n) is 2.59. The summed E-state index contributed by atoms with van der Waals surface area (Å²) in [6.45, 7) is 4.19. The largest absolute Gasteiger partial charge is 0.493 e. The van der Waals surface area contributed by atoms with E-state index >= 15 is 0 Å². The van der Waals surface area contributed by atoms with E-state index in [2.05, 4.69) is 10.3 Å². The molecule has 1 amide bonds. The number of anilines is 1. The summed E-state index contributed by atoms with van der Waals surface area (Å²) in [7, 11) is 0. The van der Waals surface area contributed by atoms with Crippen molar-refractivity contribution in [2.75, 3.05) is 11.9 Å². The summed E-state index contributed by atoms with van der Waals surface area (Å²) in [5, 5.41) is 3.61. The Morgan fingerprint density at radius 1 is 1.08 bits per heavy atom. The molecule has 3 rings (SSSR count). The van der Waals surface area contributed by atoms with Crippen molar-refractivity contribution in [1.82, 2.24) is 4.98 Å². The lowest BCUT2D eigenvalue weighted by molar-refractivity contribution is -0.115. The molecule has 0 aliphatic carbocycles. The van der Waals surface area contributed by atoms with Gasteiger partial charge in [-0.2, -0.15) is 0 Å². The van der Waals surface area contributed by atoms with Crippen LogP contribution in [0.5, 0.6) is 5.75 Å². The molecule has 1 N–H and O–H groups in total. The third-order valence-corrected chi connectivity index (χ3v) is 3.84. The molecule has 128 valence electrons. The number of nitrogens with zero attached hydrogens (tertiary/aromatic N) is 1. The smallest absolute Gasteiger partial charge is 0.225 e.